The number of aliphatic hydroxyl groups excluding tert-OH is 1. The molecule has 5 heteroatoms. The number of nitrogens with one attached hydrogen (secondary N) is 1. The number of ether oxygens (including phenoxy) is 1. The van der Waals surface area contributed by atoms with Gasteiger partial charge in [0.05, 0.1) is 12.7 Å². The Labute approximate surface area is 98.6 Å². The molecule has 0 aromatic heterocycles. The minimum atomic E-state index is -0.342. The van der Waals surface area contributed by atoms with Crippen LogP contribution in [-0.4, -0.2) is 56.6 Å². The molecule has 0 aromatic rings. The van der Waals surface area contributed by atoms with Gasteiger partial charge in [0, 0.05) is 32.2 Å². The fourth-order valence-electron chi connectivity index (χ4n) is 1.40. The maximum Gasteiger partial charge on any atom is 0.0897 e. The van der Waals surface area contributed by atoms with Gasteiger partial charge in [0.15, 0.2) is 0 Å². The van der Waals surface area contributed by atoms with Gasteiger partial charge in [-0.2, -0.15) is 0 Å². The lowest BCUT2D eigenvalue weighted by molar-refractivity contribution is 0.0376. The van der Waals surface area contributed by atoms with Crippen LogP contribution in [-0.2, 0) is 4.74 Å². The first-order chi connectivity index (χ1) is 7.31. The summed E-state index contributed by atoms with van der Waals surface area (Å²) in [5.74, 6) is 0. The molecule has 0 aromatic carbocycles. The van der Waals surface area contributed by atoms with Gasteiger partial charge < -0.3 is 15.2 Å². The molecule has 0 spiro atoms. The fraction of sp³-hybridized carbons (Fsp3) is 1.00. The Hall–Kier alpha value is 0.314. The van der Waals surface area contributed by atoms with E-state index in [2.05, 4.69) is 11.9 Å². The summed E-state index contributed by atoms with van der Waals surface area (Å²) in [5, 5.41) is 12.5. The minimum absolute atomic E-state index is 0.257. The molecule has 0 saturated carbocycles. The van der Waals surface area contributed by atoms with Crippen LogP contribution >= 0.6 is 0 Å². The van der Waals surface area contributed by atoms with E-state index in [0.29, 0.717) is 22.7 Å². The average molecular weight is 250 g/mol. The zero-order chi connectivity index (χ0) is 11.4. The molecule has 2 N–H and O–H groups in total. The number of hydrogen-bond acceptors (Lipinski definition) is 3. The summed E-state index contributed by atoms with van der Waals surface area (Å²) in [6.07, 6.45) is 0.861. The maximum atomic E-state index is 9.45. The van der Waals surface area contributed by atoms with E-state index in [1.807, 2.05) is 6.92 Å². The third kappa shape index (κ3) is 12.2. The van der Waals surface area contributed by atoms with E-state index in [1.54, 1.807) is 5.67 Å². The minimum Gasteiger partial charge on any atom is -0.389 e. The Morgan fingerprint density at radius 2 is 2.27 bits per heavy atom. The van der Waals surface area contributed by atoms with Crippen molar-refractivity contribution < 1.29 is 9.84 Å². The molecule has 0 aliphatic heterocycles. The average Bonchev–Trinajstić information content (AvgIpc) is 2.25. The Balaban J connectivity index is 3.02. The topological polar surface area (TPSA) is 41.5 Å². The second kappa shape index (κ2) is 12.4. The van der Waals surface area contributed by atoms with Gasteiger partial charge in [-0.05, 0) is 13.0 Å². The third-order valence-corrected chi connectivity index (χ3v) is 8.16. The predicted molar refractivity (Wildman–Crippen MR) is 72.6 cm³/mol. The largest absolute Gasteiger partial charge is 0.389 e. The highest BCUT2D eigenvalue weighted by molar-refractivity contribution is 6.54. The molecule has 0 radical (unpaired) electrons. The second-order valence-corrected chi connectivity index (χ2v) is 9.19. The van der Waals surface area contributed by atoms with Crippen LogP contribution in [0.15, 0.2) is 0 Å². The van der Waals surface area contributed by atoms with Gasteiger partial charge in [-0.25, -0.2) is 0 Å². The summed E-state index contributed by atoms with van der Waals surface area (Å²) in [5.41, 5.74) is 1.60. The number of aliphatic hydroxyl groups is 1. The molecule has 0 heterocycles. The van der Waals surface area contributed by atoms with Crippen molar-refractivity contribution in [2.75, 3.05) is 26.3 Å². The molecule has 0 aliphatic carbocycles. The number of likely N-dealkylation sites (N-methyl/N-ethyl adjacent to an activating group) is 1. The molecule has 3 nitrogen and oxygen atoms in total. The summed E-state index contributed by atoms with van der Waals surface area (Å²) in [6.45, 7) is 7.30. The standard InChI is InChI=1S/C10H27NO2Si2/c1-3-11-7-10(12)8-13-5-4-6-15-9-14-2/h10-12H,3-9,14-15H2,1-2H3. The van der Waals surface area contributed by atoms with Crippen LogP contribution in [0.4, 0.5) is 0 Å². The first kappa shape index (κ1) is 15.3. The van der Waals surface area contributed by atoms with Crippen molar-refractivity contribution in [3.63, 3.8) is 0 Å². The Morgan fingerprint density at radius 1 is 1.47 bits per heavy atom. The molecule has 15 heavy (non-hydrogen) atoms. The van der Waals surface area contributed by atoms with E-state index in [9.17, 15) is 5.11 Å². The van der Waals surface area contributed by atoms with Crippen molar-refractivity contribution in [1.29, 1.82) is 0 Å². The molecule has 0 fully saturated rings. The normalized spacial score (nSPS) is 14.6. The SMILES string of the molecule is CCNCC(O)COCCC[SiH2]C[SiH2]C. The quantitative estimate of drug-likeness (QED) is 0.385. The Kier molecular flexibility index (Phi) is 12.6. The van der Waals surface area contributed by atoms with E-state index in [1.165, 1.54) is 12.5 Å². The molecule has 1 unspecified atom stereocenters. The maximum absolute atomic E-state index is 9.45. The van der Waals surface area contributed by atoms with E-state index >= 15 is 0 Å². The van der Waals surface area contributed by atoms with Crippen LogP contribution in [0.1, 0.15) is 13.3 Å². The van der Waals surface area contributed by atoms with Crippen LogP contribution in [0.2, 0.25) is 18.3 Å². The first-order valence-electron chi connectivity index (χ1n) is 6.27. The molecule has 0 aliphatic rings. The predicted octanol–water partition coefficient (Wildman–Crippen LogP) is -0.457. The van der Waals surface area contributed by atoms with E-state index < -0.39 is 0 Å². The zero-order valence-corrected chi connectivity index (χ0v) is 13.1. The Bertz CT molecular complexity index is 128. The van der Waals surface area contributed by atoms with Crippen molar-refractivity contribution in [1.82, 2.24) is 5.32 Å². The van der Waals surface area contributed by atoms with Crippen LogP contribution < -0.4 is 5.32 Å². The fourth-order valence-corrected chi connectivity index (χ4v) is 5.37. The summed E-state index contributed by atoms with van der Waals surface area (Å²) in [7, 11) is 0.582. The lowest BCUT2D eigenvalue weighted by Crippen LogP contribution is -2.30. The highest BCUT2D eigenvalue weighted by atomic mass is 28.3. The van der Waals surface area contributed by atoms with Gasteiger partial charge in [-0.3, -0.25) is 0 Å². The van der Waals surface area contributed by atoms with Gasteiger partial charge in [-0.1, -0.05) is 25.2 Å². The van der Waals surface area contributed by atoms with Crippen molar-refractivity contribution in [3.05, 3.63) is 0 Å². The van der Waals surface area contributed by atoms with Crippen LogP contribution in [0.25, 0.3) is 0 Å². The van der Waals surface area contributed by atoms with Gasteiger partial charge in [0.2, 0.25) is 0 Å². The van der Waals surface area contributed by atoms with E-state index in [4.69, 9.17) is 4.74 Å². The zero-order valence-electron chi connectivity index (χ0n) is 10.3. The molecular formula is C10H27NO2Si2. The van der Waals surface area contributed by atoms with Gasteiger partial charge in [-0.15, -0.1) is 0 Å². The summed E-state index contributed by atoms with van der Waals surface area (Å²) in [4.78, 5) is 0. The summed E-state index contributed by atoms with van der Waals surface area (Å²) < 4.78 is 5.42. The van der Waals surface area contributed by atoms with Crippen LogP contribution in [0.3, 0.4) is 0 Å². The Morgan fingerprint density at radius 3 is 2.93 bits per heavy atom. The molecule has 92 valence electrons. The molecule has 0 rings (SSSR count). The second-order valence-electron chi connectivity index (χ2n) is 3.95. The van der Waals surface area contributed by atoms with Crippen molar-refractivity contribution in [3.8, 4) is 0 Å². The lowest BCUT2D eigenvalue weighted by atomic mass is 10.4. The summed E-state index contributed by atoms with van der Waals surface area (Å²) in [6, 6.07) is 1.42. The van der Waals surface area contributed by atoms with Crippen molar-refractivity contribution >= 4 is 19.0 Å². The van der Waals surface area contributed by atoms with Crippen molar-refractivity contribution in [2.45, 2.75) is 37.7 Å². The lowest BCUT2D eigenvalue weighted by Gasteiger charge is -2.11. The van der Waals surface area contributed by atoms with Gasteiger partial charge in [0.25, 0.3) is 0 Å². The van der Waals surface area contributed by atoms with Crippen LogP contribution in [0.5, 0.6) is 0 Å². The van der Waals surface area contributed by atoms with Crippen molar-refractivity contribution in [2.24, 2.45) is 0 Å². The smallest absolute Gasteiger partial charge is 0.0897 e. The van der Waals surface area contributed by atoms with Crippen LogP contribution in [0, 0.1) is 0 Å². The molecule has 0 amide bonds. The van der Waals surface area contributed by atoms with Gasteiger partial charge in [0.1, 0.15) is 0 Å². The molecule has 0 bridgehead atoms. The molecule has 1 atom stereocenters. The third-order valence-electron chi connectivity index (χ3n) is 2.33. The summed E-state index contributed by atoms with van der Waals surface area (Å²) >= 11 is 0. The first-order valence-corrected chi connectivity index (χ1v) is 10.7. The molecular weight excluding hydrogens is 222 g/mol. The molecule has 0 saturated heterocycles. The van der Waals surface area contributed by atoms with Gasteiger partial charge >= 0.3 is 0 Å². The highest BCUT2D eigenvalue weighted by Crippen LogP contribution is 1.93. The van der Waals surface area contributed by atoms with E-state index in [-0.39, 0.29) is 15.6 Å². The monoisotopic (exact) mass is 249 g/mol. The highest BCUT2D eigenvalue weighted by Gasteiger charge is 2.02. The van der Waals surface area contributed by atoms with E-state index in [0.717, 1.165) is 13.2 Å². The number of hydrogen-bond donors (Lipinski definition) is 2. The number of rotatable bonds is 11.